The lowest BCUT2D eigenvalue weighted by molar-refractivity contribution is 0.0635. The molecule has 24 heavy (non-hydrogen) atoms. The van der Waals surface area contributed by atoms with Gasteiger partial charge in [-0.2, -0.15) is 0 Å². The first-order valence-corrected chi connectivity index (χ1v) is 7.86. The predicted molar refractivity (Wildman–Crippen MR) is 92.7 cm³/mol. The third-order valence-corrected chi connectivity index (χ3v) is 3.92. The van der Waals surface area contributed by atoms with Gasteiger partial charge in [0.25, 0.3) is 5.91 Å². The molecule has 2 rings (SSSR count). The van der Waals surface area contributed by atoms with Crippen molar-refractivity contribution in [3.8, 4) is 0 Å². The summed E-state index contributed by atoms with van der Waals surface area (Å²) in [4.78, 5) is 25.4. The zero-order valence-electron chi connectivity index (χ0n) is 13.9. The molecule has 5 nitrogen and oxygen atoms in total. The lowest BCUT2D eigenvalue weighted by Gasteiger charge is -2.24. The van der Waals surface area contributed by atoms with Crippen molar-refractivity contribution in [1.29, 1.82) is 0 Å². The van der Waals surface area contributed by atoms with Crippen molar-refractivity contribution in [3.63, 3.8) is 0 Å². The van der Waals surface area contributed by atoms with E-state index in [9.17, 15) is 14.7 Å². The zero-order valence-corrected chi connectivity index (χ0v) is 13.9. The van der Waals surface area contributed by atoms with Crippen LogP contribution in [0, 0.1) is 6.92 Å². The minimum absolute atomic E-state index is 0.180. The van der Waals surface area contributed by atoms with Crippen molar-refractivity contribution in [2.45, 2.75) is 20.0 Å². The SMILES string of the molecule is CCN(CC(O)c1ccc(C)cc1)C(=O)c1cccc(C(N)=O)c1. The minimum Gasteiger partial charge on any atom is -0.387 e. The van der Waals surface area contributed by atoms with Crippen LogP contribution in [-0.2, 0) is 0 Å². The Morgan fingerprint density at radius 1 is 1.12 bits per heavy atom. The maximum absolute atomic E-state index is 12.6. The highest BCUT2D eigenvalue weighted by atomic mass is 16.3. The predicted octanol–water partition coefficient (Wildman–Crippen LogP) is 2.29. The highest BCUT2D eigenvalue weighted by Gasteiger charge is 2.19. The molecule has 0 saturated heterocycles. The lowest BCUT2D eigenvalue weighted by Crippen LogP contribution is -2.34. The number of hydrogen-bond donors (Lipinski definition) is 2. The van der Waals surface area contributed by atoms with Crippen LogP contribution < -0.4 is 5.73 Å². The first-order valence-electron chi connectivity index (χ1n) is 7.86. The number of carbonyl (C=O) groups excluding carboxylic acids is 2. The zero-order chi connectivity index (χ0) is 17.7. The number of nitrogens with two attached hydrogens (primary N) is 1. The standard InChI is InChI=1S/C19H22N2O3/c1-3-21(12-17(22)14-9-7-13(2)8-10-14)19(24)16-6-4-5-15(11-16)18(20)23/h4-11,17,22H,3,12H2,1-2H3,(H2,20,23). The van der Waals surface area contributed by atoms with Crippen LogP contribution in [0.4, 0.5) is 0 Å². The van der Waals surface area contributed by atoms with E-state index in [2.05, 4.69) is 0 Å². The molecular formula is C19H22N2O3. The van der Waals surface area contributed by atoms with E-state index in [1.54, 1.807) is 23.1 Å². The Balaban J connectivity index is 2.15. The summed E-state index contributed by atoms with van der Waals surface area (Å²) < 4.78 is 0. The number of rotatable bonds is 6. The maximum atomic E-state index is 12.6. The van der Waals surface area contributed by atoms with Crippen molar-refractivity contribution in [2.24, 2.45) is 5.73 Å². The summed E-state index contributed by atoms with van der Waals surface area (Å²) in [5.74, 6) is -0.820. The van der Waals surface area contributed by atoms with Gasteiger partial charge in [0.2, 0.25) is 5.91 Å². The number of carbonyl (C=O) groups is 2. The third-order valence-electron chi connectivity index (χ3n) is 3.92. The topological polar surface area (TPSA) is 83.6 Å². The fraction of sp³-hybridized carbons (Fsp3) is 0.263. The molecule has 0 bridgehead atoms. The molecule has 5 heteroatoms. The smallest absolute Gasteiger partial charge is 0.253 e. The van der Waals surface area contributed by atoms with Gasteiger partial charge in [-0.15, -0.1) is 0 Å². The number of benzene rings is 2. The molecule has 0 aromatic heterocycles. The Bertz CT molecular complexity index is 726. The first-order chi connectivity index (χ1) is 11.4. The lowest BCUT2D eigenvalue weighted by atomic mass is 10.1. The quantitative estimate of drug-likeness (QED) is 0.854. The highest BCUT2D eigenvalue weighted by molar-refractivity contribution is 5.99. The molecule has 0 aliphatic rings. The molecule has 2 amide bonds. The summed E-state index contributed by atoms with van der Waals surface area (Å²) >= 11 is 0. The molecule has 0 heterocycles. The van der Waals surface area contributed by atoms with Gasteiger partial charge in [0.1, 0.15) is 0 Å². The molecule has 0 saturated carbocycles. The van der Waals surface area contributed by atoms with Crippen LogP contribution in [0.2, 0.25) is 0 Å². The molecule has 0 radical (unpaired) electrons. The van der Waals surface area contributed by atoms with Gasteiger partial charge >= 0.3 is 0 Å². The molecule has 0 aliphatic carbocycles. The van der Waals surface area contributed by atoms with E-state index in [-0.39, 0.29) is 18.0 Å². The number of likely N-dealkylation sites (N-methyl/N-ethyl adjacent to an activating group) is 1. The van der Waals surface area contributed by atoms with Crippen LogP contribution in [0.3, 0.4) is 0 Å². The molecule has 0 fully saturated rings. The van der Waals surface area contributed by atoms with E-state index < -0.39 is 12.0 Å². The summed E-state index contributed by atoms with van der Waals surface area (Å²) in [5.41, 5.74) is 7.79. The number of hydrogen-bond acceptors (Lipinski definition) is 3. The Morgan fingerprint density at radius 2 is 1.75 bits per heavy atom. The number of aliphatic hydroxyl groups is 1. The van der Waals surface area contributed by atoms with Gasteiger partial charge in [0.15, 0.2) is 0 Å². The second-order valence-electron chi connectivity index (χ2n) is 5.72. The molecule has 1 unspecified atom stereocenters. The molecule has 1 atom stereocenters. The van der Waals surface area contributed by atoms with Crippen molar-refractivity contribution < 1.29 is 14.7 Å². The van der Waals surface area contributed by atoms with Crippen LogP contribution in [0.15, 0.2) is 48.5 Å². The fourth-order valence-corrected chi connectivity index (χ4v) is 2.45. The van der Waals surface area contributed by atoms with Gasteiger partial charge in [0.05, 0.1) is 12.6 Å². The molecule has 2 aromatic rings. The van der Waals surface area contributed by atoms with E-state index in [0.717, 1.165) is 11.1 Å². The molecule has 126 valence electrons. The summed E-state index contributed by atoms with van der Waals surface area (Å²) in [5, 5.41) is 10.4. The van der Waals surface area contributed by atoms with E-state index in [1.807, 2.05) is 38.1 Å². The minimum atomic E-state index is -0.770. The van der Waals surface area contributed by atoms with E-state index >= 15 is 0 Å². The number of primary amides is 1. The van der Waals surface area contributed by atoms with Gasteiger partial charge in [-0.3, -0.25) is 9.59 Å². The third kappa shape index (κ3) is 4.20. The van der Waals surface area contributed by atoms with Crippen molar-refractivity contribution in [3.05, 3.63) is 70.8 Å². The maximum Gasteiger partial charge on any atom is 0.253 e. The number of aryl methyl sites for hydroxylation is 1. The second kappa shape index (κ2) is 7.75. The Kier molecular flexibility index (Phi) is 5.71. The number of aliphatic hydroxyl groups excluding tert-OH is 1. The normalized spacial score (nSPS) is 11.8. The van der Waals surface area contributed by atoms with Crippen molar-refractivity contribution >= 4 is 11.8 Å². The monoisotopic (exact) mass is 326 g/mol. The number of amides is 2. The average molecular weight is 326 g/mol. The average Bonchev–Trinajstić information content (AvgIpc) is 2.59. The van der Waals surface area contributed by atoms with E-state index in [1.165, 1.54) is 6.07 Å². The van der Waals surface area contributed by atoms with Crippen molar-refractivity contribution in [2.75, 3.05) is 13.1 Å². The molecule has 0 spiro atoms. The molecule has 0 aliphatic heterocycles. The fourth-order valence-electron chi connectivity index (χ4n) is 2.45. The Morgan fingerprint density at radius 3 is 2.33 bits per heavy atom. The van der Waals surface area contributed by atoms with Crippen LogP contribution in [0.1, 0.15) is 44.9 Å². The van der Waals surface area contributed by atoms with Crippen LogP contribution in [0.25, 0.3) is 0 Å². The molecular weight excluding hydrogens is 304 g/mol. The van der Waals surface area contributed by atoms with Crippen LogP contribution >= 0.6 is 0 Å². The summed E-state index contributed by atoms with van der Waals surface area (Å²) in [6.07, 6.45) is -0.770. The molecule has 2 aromatic carbocycles. The van der Waals surface area contributed by atoms with Crippen LogP contribution in [-0.4, -0.2) is 34.9 Å². The van der Waals surface area contributed by atoms with Gasteiger partial charge in [-0.25, -0.2) is 0 Å². The van der Waals surface area contributed by atoms with E-state index in [0.29, 0.717) is 12.1 Å². The largest absolute Gasteiger partial charge is 0.387 e. The second-order valence-corrected chi connectivity index (χ2v) is 5.72. The summed E-state index contributed by atoms with van der Waals surface area (Å²) in [7, 11) is 0. The van der Waals surface area contributed by atoms with Gasteiger partial charge in [0, 0.05) is 17.7 Å². The Hall–Kier alpha value is -2.66. The van der Waals surface area contributed by atoms with Gasteiger partial charge in [-0.05, 0) is 37.6 Å². The van der Waals surface area contributed by atoms with Gasteiger partial charge in [-0.1, -0.05) is 35.9 Å². The van der Waals surface area contributed by atoms with Crippen molar-refractivity contribution in [1.82, 2.24) is 4.90 Å². The van der Waals surface area contributed by atoms with E-state index in [4.69, 9.17) is 5.73 Å². The summed E-state index contributed by atoms with van der Waals surface area (Å²) in [6.45, 7) is 4.45. The van der Waals surface area contributed by atoms with Crippen LogP contribution in [0.5, 0.6) is 0 Å². The Labute approximate surface area is 141 Å². The van der Waals surface area contributed by atoms with Gasteiger partial charge < -0.3 is 15.7 Å². The molecule has 3 N–H and O–H groups in total. The number of nitrogens with zero attached hydrogens (tertiary/aromatic N) is 1. The summed E-state index contributed by atoms with van der Waals surface area (Å²) in [6, 6.07) is 13.9. The highest BCUT2D eigenvalue weighted by Crippen LogP contribution is 2.17. The first kappa shape index (κ1) is 17.7.